The Morgan fingerprint density at radius 2 is 1.89 bits per heavy atom. The van der Waals surface area contributed by atoms with Gasteiger partial charge in [-0.15, -0.1) is 0 Å². The number of benzene rings is 1. The number of carbonyl (C=O) groups is 1. The highest BCUT2D eigenvalue weighted by molar-refractivity contribution is 7.91. The van der Waals surface area contributed by atoms with Gasteiger partial charge in [0.2, 0.25) is 5.91 Å². The van der Waals surface area contributed by atoms with E-state index in [9.17, 15) is 13.2 Å². The minimum absolute atomic E-state index is 0.00459. The summed E-state index contributed by atoms with van der Waals surface area (Å²) in [6.07, 6.45) is -0.00459. The smallest absolute Gasteiger partial charge is 0.223 e. The van der Waals surface area contributed by atoms with Gasteiger partial charge >= 0.3 is 0 Å². The Morgan fingerprint density at radius 3 is 2.47 bits per heavy atom. The van der Waals surface area contributed by atoms with Gasteiger partial charge in [0.25, 0.3) is 0 Å². The molecule has 19 heavy (non-hydrogen) atoms. The SMILES string of the molecule is O=C(CCS(=O)(=O)c1ccccc1)N1CC(CO)C1. The molecule has 1 aliphatic rings. The number of carbonyl (C=O) groups excluding carboxylic acids is 1. The summed E-state index contributed by atoms with van der Waals surface area (Å²) in [4.78, 5) is 13.6. The van der Waals surface area contributed by atoms with Crippen molar-refractivity contribution in [3.8, 4) is 0 Å². The summed E-state index contributed by atoms with van der Waals surface area (Å²) in [5, 5.41) is 8.86. The van der Waals surface area contributed by atoms with E-state index in [1.54, 1.807) is 23.1 Å². The van der Waals surface area contributed by atoms with Crippen molar-refractivity contribution in [1.82, 2.24) is 4.90 Å². The Morgan fingerprint density at radius 1 is 1.26 bits per heavy atom. The number of hydrogen-bond donors (Lipinski definition) is 1. The molecule has 0 saturated carbocycles. The van der Waals surface area contributed by atoms with Crippen LogP contribution in [-0.4, -0.2) is 49.8 Å². The number of sulfone groups is 1. The molecule has 1 aromatic carbocycles. The first-order valence-electron chi connectivity index (χ1n) is 6.19. The van der Waals surface area contributed by atoms with Crippen LogP contribution in [0.5, 0.6) is 0 Å². The minimum Gasteiger partial charge on any atom is -0.396 e. The highest BCUT2D eigenvalue weighted by Crippen LogP contribution is 2.17. The van der Waals surface area contributed by atoms with E-state index in [2.05, 4.69) is 0 Å². The lowest BCUT2D eigenvalue weighted by molar-refractivity contribution is -0.137. The van der Waals surface area contributed by atoms with E-state index in [0.29, 0.717) is 13.1 Å². The van der Waals surface area contributed by atoms with Crippen molar-refractivity contribution in [3.63, 3.8) is 0 Å². The number of hydrogen-bond acceptors (Lipinski definition) is 4. The molecule has 1 fully saturated rings. The molecule has 1 amide bonds. The van der Waals surface area contributed by atoms with Gasteiger partial charge in [0.1, 0.15) is 0 Å². The minimum atomic E-state index is -3.39. The van der Waals surface area contributed by atoms with Crippen LogP contribution in [0.3, 0.4) is 0 Å². The molecule has 0 bridgehead atoms. The Hall–Kier alpha value is -1.40. The quantitative estimate of drug-likeness (QED) is 0.843. The number of amides is 1. The summed E-state index contributed by atoms with van der Waals surface area (Å²) in [5.41, 5.74) is 0. The Balaban J connectivity index is 1.87. The van der Waals surface area contributed by atoms with E-state index in [1.165, 1.54) is 12.1 Å². The Kier molecular flexibility index (Phi) is 4.21. The second-order valence-electron chi connectivity index (χ2n) is 4.73. The highest BCUT2D eigenvalue weighted by atomic mass is 32.2. The second-order valence-corrected chi connectivity index (χ2v) is 6.84. The van der Waals surface area contributed by atoms with Crippen LogP contribution in [0.15, 0.2) is 35.2 Å². The molecular weight excluding hydrogens is 266 g/mol. The third-order valence-electron chi connectivity index (χ3n) is 3.26. The predicted molar refractivity (Wildman–Crippen MR) is 70.3 cm³/mol. The van der Waals surface area contributed by atoms with Crippen molar-refractivity contribution in [1.29, 1.82) is 0 Å². The lowest BCUT2D eigenvalue weighted by Crippen LogP contribution is -2.51. The molecule has 0 radical (unpaired) electrons. The van der Waals surface area contributed by atoms with Gasteiger partial charge in [-0.25, -0.2) is 8.42 Å². The van der Waals surface area contributed by atoms with Crippen LogP contribution in [0.1, 0.15) is 6.42 Å². The topological polar surface area (TPSA) is 74.7 Å². The molecule has 0 atom stereocenters. The van der Waals surface area contributed by atoms with E-state index in [4.69, 9.17) is 5.11 Å². The third kappa shape index (κ3) is 3.33. The average Bonchev–Trinajstić information content (AvgIpc) is 2.36. The number of likely N-dealkylation sites (tertiary alicyclic amines) is 1. The summed E-state index contributed by atoms with van der Waals surface area (Å²) in [6.45, 7) is 1.13. The first-order valence-corrected chi connectivity index (χ1v) is 7.84. The van der Waals surface area contributed by atoms with Gasteiger partial charge in [-0.1, -0.05) is 18.2 Å². The zero-order valence-electron chi connectivity index (χ0n) is 10.5. The summed E-state index contributed by atoms with van der Waals surface area (Å²) >= 11 is 0. The molecule has 1 N–H and O–H groups in total. The molecule has 0 aromatic heterocycles. The van der Waals surface area contributed by atoms with Crippen LogP contribution < -0.4 is 0 Å². The van der Waals surface area contributed by atoms with Gasteiger partial charge in [-0.05, 0) is 12.1 Å². The first kappa shape index (κ1) is 14.0. The standard InChI is InChI=1S/C13H17NO4S/c15-10-11-8-14(9-11)13(16)6-7-19(17,18)12-4-2-1-3-5-12/h1-5,11,15H,6-10H2. The largest absolute Gasteiger partial charge is 0.396 e. The average molecular weight is 283 g/mol. The second kappa shape index (κ2) is 5.71. The van der Waals surface area contributed by atoms with Crippen LogP contribution in [0.25, 0.3) is 0 Å². The van der Waals surface area contributed by atoms with Crippen molar-refractivity contribution >= 4 is 15.7 Å². The molecule has 1 aromatic rings. The highest BCUT2D eigenvalue weighted by Gasteiger charge is 2.30. The van der Waals surface area contributed by atoms with Crippen LogP contribution in [0.2, 0.25) is 0 Å². The monoisotopic (exact) mass is 283 g/mol. The predicted octanol–water partition coefficient (Wildman–Crippen LogP) is 0.301. The molecule has 0 aliphatic carbocycles. The molecule has 2 rings (SSSR count). The van der Waals surface area contributed by atoms with Crippen LogP contribution in [0.4, 0.5) is 0 Å². The lowest BCUT2D eigenvalue weighted by Gasteiger charge is -2.38. The fourth-order valence-electron chi connectivity index (χ4n) is 2.01. The Labute approximate surface area is 112 Å². The van der Waals surface area contributed by atoms with Gasteiger partial charge in [0.15, 0.2) is 9.84 Å². The summed E-state index contributed by atoms with van der Waals surface area (Å²) in [5.74, 6) is -0.185. The molecular formula is C13H17NO4S. The van der Waals surface area contributed by atoms with E-state index < -0.39 is 9.84 Å². The van der Waals surface area contributed by atoms with Gasteiger partial charge in [0.05, 0.1) is 10.6 Å². The first-order chi connectivity index (χ1) is 9.03. The maximum atomic E-state index is 12.0. The maximum Gasteiger partial charge on any atom is 0.223 e. The van der Waals surface area contributed by atoms with Crippen molar-refractivity contribution in [2.75, 3.05) is 25.4 Å². The zero-order valence-corrected chi connectivity index (χ0v) is 11.3. The fourth-order valence-corrected chi connectivity index (χ4v) is 3.27. The van der Waals surface area contributed by atoms with E-state index in [1.807, 2.05) is 0 Å². The molecule has 5 nitrogen and oxygen atoms in total. The number of rotatable bonds is 5. The van der Waals surface area contributed by atoms with Crippen molar-refractivity contribution in [2.24, 2.45) is 5.92 Å². The van der Waals surface area contributed by atoms with Crippen molar-refractivity contribution in [3.05, 3.63) is 30.3 Å². The van der Waals surface area contributed by atoms with Crippen LogP contribution >= 0.6 is 0 Å². The molecule has 104 valence electrons. The van der Waals surface area contributed by atoms with Crippen LogP contribution in [0, 0.1) is 5.92 Å². The summed E-state index contributed by atoms with van der Waals surface area (Å²) in [6, 6.07) is 8.14. The normalized spacial score (nSPS) is 16.2. The van der Waals surface area contributed by atoms with E-state index in [-0.39, 0.29) is 35.5 Å². The molecule has 6 heteroatoms. The number of aliphatic hydroxyl groups is 1. The Bertz CT molecular complexity index is 535. The van der Waals surface area contributed by atoms with Gasteiger partial charge in [-0.3, -0.25) is 4.79 Å². The molecule has 1 aliphatic heterocycles. The lowest BCUT2D eigenvalue weighted by atomic mass is 10.0. The van der Waals surface area contributed by atoms with E-state index >= 15 is 0 Å². The number of aliphatic hydroxyl groups excluding tert-OH is 1. The zero-order chi connectivity index (χ0) is 13.9. The van der Waals surface area contributed by atoms with Gasteiger partial charge < -0.3 is 10.0 Å². The molecule has 1 heterocycles. The van der Waals surface area contributed by atoms with Crippen LogP contribution in [-0.2, 0) is 14.6 Å². The summed E-state index contributed by atoms with van der Waals surface area (Å²) in [7, 11) is -3.39. The molecule has 0 spiro atoms. The summed E-state index contributed by atoms with van der Waals surface area (Å²) < 4.78 is 24.0. The fraction of sp³-hybridized carbons (Fsp3) is 0.462. The van der Waals surface area contributed by atoms with Crippen molar-refractivity contribution in [2.45, 2.75) is 11.3 Å². The third-order valence-corrected chi connectivity index (χ3v) is 4.99. The van der Waals surface area contributed by atoms with E-state index in [0.717, 1.165) is 0 Å². The molecule has 0 unspecified atom stereocenters. The van der Waals surface area contributed by atoms with Crippen molar-refractivity contribution < 1.29 is 18.3 Å². The number of nitrogens with zero attached hydrogens (tertiary/aromatic N) is 1. The molecule has 1 saturated heterocycles. The van der Waals surface area contributed by atoms with Gasteiger partial charge in [-0.2, -0.15) is 0 Å². The van der Waals surface area contributed by atoms with Gasteiger partial charge in [0, 0.05) is 32.0 Å². The maximum absolute atomic E-state index is 12.0.